The molecule has 0 aromatic carbocycles. The van der Waals surface area contributed by atoms with E-state index in [1.165, 1.54) is 0 Å². The van der Waals surface area contributed by atoms with Crippen molar-refractivity contribution in [2.45, 2.75) is 6.10 Å². The van der Waals surface area contributed by atoms with Gasteiger partial charge in [0.2, 0.25) is 0 Å². The van der Waals surface area contributed by atoms with Gasteiger partial charge in [0.05, 0.1) is 6.10 Å². The first-order valence-electron chi connectivity index (χ1n) is 1.48. The summed E-state index contributed by atoms with van der Waals surface area (Å²) in [4.78, 5) is 0. The molecule has 2 nitrogen and oxygen atoms in total. The smallest absolute Gasteiger partial charge is 0.0663 e. The van der Waals surface area contributed by atoms with Gasteiger partial charge in [-0.25, -0.2) is 0 Å². The average Bonchev–Trinajstić information content (AvgIpc) is 1.38. The van der Waals surface area contributed by atoms with Crippen molar-refractivity contribution in [3.05, 3.63) is 6.92 Å². The normalized spacial score (nSPS) is 15.0. The summed E-state index contributed by atoms with van der Waals surface area (Å²) in [6.45, 7) is 3.44. The fourth-order valence-electron chi connectivity index (χ4n) is 0. The first-order chi connectivity index (χ1) is 2.27. The van der Waals surface area contributed by atoms with E-state index in [0.717, 1.165) is 0 Å². The highest BCUT2D eigenvalue weighted by molar-refractivity contribution is 4.53. The Bertz CT molecular complexity index is 20.9. The van der Waals surface area contributed by atoms with Crippen molar-refractivity contribution in [1.29, 1.82) is 0 Å². The average molecular weight is 74.1 g/mol. The molecule has 3 N–H and O–H groups in total. The molecule has 2 heteroatoms. The zero-order valence-electron chi connectivity index (χ0n) is 3.02. The van der Waals surface area contributed by atoms with Crippen molar-refractivity contribution in [2.75, 3.05) is 6.54 Å². The minimum absolute atomic E-state index is 0.250. The first-order valence-corrected chi connectivity index (χ1v) is 1.48. The Morgan fingerprint density at radius 3 is 2.20 bits per heavy atom. The Morgan fingerprint density at radius 1 is 2.00 bits per heavy atom. The van der Waals surface area contributed by atoms with Gasteiger partial charge < -0.3 is 10.8 Å². The van der Waals surface area contributed by atoms with Crippen LogP contribution in [0.5, 0.6) is 0 Å². The lowest BCUT2D eigenvalue weighted by atomic mass is 10.4. The van der Waals surface area contributed by atoms with Gasteiger partial charge in [-0.2, -0.15) is 0 Å². The SMILES string of the molecule is [CH2][C@@H](O)CN. The van der Waals surface area contributed by atoms with Gasteiger partial charge in [0.25, 0.3) is 0 Å². The van der Waals surface area contributed by atoms with Crippen LogP contribution in [-0.2, 0) is 0 Å². The molecule has 0 rings (SSSR count). The highest BCUT2D eigenvalue weighted by Gasteiger charge is 1.82. The Balaban J connectivity index is 2.54. The summed E-state index contributed by atoms with van der Waals surface area (Å²) in [6.07, 6.45) is -0.588. The minimum Gasteiger partial charge on any atom is -0.392 e. The van der Waals surface area contributed by atoms with Gasteiger partial charge in [0.1, 0.15) is 0 Å². The van der Waals surface area contributed by atoms with Crippen LogP contribution < -0.4 is 5.73 Å². The van der Waals surface area contributed by atoms with Crippen LogP contribution in [0.4, 0.5) is 0 Å². The fraction of sp³-hybridized carbons (Fsp3) is 0.667. The van der Waals surface area contributed by atoms with Crippen LogP contribution in [0.25, 0.3) is 0 Å². The standard InChI is InChI=1S/C3H8NO/c1-3(5)2-4/h3,5H,1-2,4H2/t3-/m1/s1. The van der Waals surface area contributed by atoms with Crippen LogP contribution in [0, 0.1) is 6.92 Å². The summed E-state index contributed by atoms with van der Waals surface area (Å²) in [5.41, 5.74) is 4.86. The van der Waals surface area contributed by atoms with E-state index >= 15 is 0 Å². The van der Waals surface area contributed by atoms with E-state index in [1.807, 2.05) is 0 Å². The summed E-state index contributed by atoms with van der Waals surface area (Å²) in [5.74, 6) is 0. The van der Waals surface area contributed by atoms with Crippen molar-refractivity contribution in [1.82, 2.24) is 0 Å². The predicted molar refractivity (Wildman–Crippen MR) is 20.4 cm³/mol. The second-order valence-corrected chi connectivity index (χ2v) is 0.890. The summed E-state index contributed by atoms with van der Waals surface area (Å²) < 4.78 is 0. The molecule has 0 aliphatic heterocycles. The lowest BCUT2D eigenvalue weighted by Gasteiger charge is -1.90. The minimum atomic E-state index is -0.588. The molecule has 5 heavy (non-hydrogen) atoms. The molecule has 0 aromatic rings. The molecular weight excluding hydrogens is 66.0 g/mol. The van der Waals surface area contributed by atoms with Gasteiger partial charge in [-0.1, -0.05) is 0 Å². The van der Waals surface area contributed by atoms with E-state index in [0.29, 0.717) is 0 Å². The summed E-state index contributed by atoms with van der Waals surface area (Å²) in [5, 5.41) is 8.12. The zero-order chi connectivity index (χ0) is 4.28. The van der Waals surface area contributed by atoms with Gasteiger partial charge in [-0.05, 0) is 6.92 Å². The highest BCUT2D eigenvalue weighted by atomic mass is 16.3. The van der Waals surface area contributed by atoms with Crippen LogP contribution >= 0.6 is 0 Å². The second kappa shape index (κ2) is 2.18. The first kappa shape index (κ1) is 4.92. The fourth-order valence-corrected chi connectivity index (χ4v) is 0. The van der Waals surface area contributed by atoms with Gasteiger partial charge in [-0.3, -0.25) is 0 Å². The Morgan fingerprint density at radius 2 is 2.20 bits per heavy atom. The number of rotatable bonds is 1. The molecule has 1 atom stereocenters. The number of hydrogen-bond acceptors (Lipinski definition) is 2. The molecule has 0 aromatic heterocycles. The van der Waals surface area contributed by atoms with E-state index in [4.69, 9.17) is 10.8 Å². The van der Waals surface area contributed by atoms with Crippen molar-refractivity contribution < 1.29 is 5.11 Å². The Hall–Kier alpha value is -0.0800. The molecule has 0 bridgehead atoms. The summed E-state index contributed by atoms with van der Waals surface area (Å²) >= 11 is 0. The highest BCUT2D eigenvalue weighted by Crippen LogP contribution is 1.64. The topological polar surface area (TPSA) is 46.2 Å². The third-order valence-electron chi connectivity index (χ3n) is 0.272. The molecule has 0 saturated heterocycles. The van der Waals surface area contributed by atoms with E-state index < -0.39 is 6.10 Å². The molecule has 0 amide bonds. The Labute approximate surface area is 31.6 Å². The van der Waals surface area contributed by atoms with Crippen LogP contribution in [0.15, 0.2) is 0 Å². The lowest BCUT2D eigenvalue weighted by molar-refractivity contribution is 0.229. The lowest BCUT2D eigenvalue weighted by Crippen LogP contribution is -2.14. The summed E-state index contributed by atoms with van der Waals surface area (Å²) in [6, 6.07) is 0. The van der Waals surface area contributed by atoms with Gasteiger partial charge in [0, 0.05) is 6.54 Å². The van der Waals surface area contributed by atoms with Crippen LogP contribution in [0.1, 0.15) is 0 Å². The molecule has 31 valence electrons. The number of aliphatic hydroxyl groups is 1. The van der Waals surface area contributed by atoms with E-state index in [1.54, 1.807) is 0 Å². The number of nitrogens with two attached hydrogens (primary N) is 1. The van der Waals surface area contributed by atoms with E-state index in [9.17, 15) is 0 Å². The van der Waals surface area contributed by atoms with Crippen LogP contribution in [-0.4, -0.2) is 17.8 Å². The number of aliphatic hydroxyl groups excluding tert-OH is 1. The monoisotopic (exact) mass is 74.1 g/mol. The maximum atomic E-state index is 8.12. The third kappa shape index (κ3) is 3.92. The second-order valence-electron chi connectivity index (χ2n) is 0.890. The quantitative estimate of drug-likeness (QED) is 0.425. The van der Waals surface area contributed by atoms with Crippen LogP contribution in [0.2, 0.25) is 0 Å². The molecule has 0 saturated carbocycles. The van der Waals surface area contributed by atoms with Gasteiger partial charge in [0.15, 0.2) is 0 Å². The molecule has 0 aliphatic rings. The van der Waals surface area contributed by atoms with Gasteiger partial charge in [-0.15, -0.1) is 0 Å². The van der Waals surface area contributed by atoms with Crippen molar-refractivity contribution in [2.24, 2.45) is 5.73 Å². The van der Waals surface area contributed by atoms with Crippen molar-refractivity contribution in [3.63, 3.8) is 0 Å². The largest absolute Gasteiger partial charge is 0.392 e. The van der Waals surface area contributed by atoms with E-state index in [-0.39, 0.29) is 6.54 Å². The van der Waals surface area contributed by atoms with Crippen molar-refractivity contribution in [3.8, 4) is 0 Å². The number of hydrogen-bond donors (Lipinski definition) is 2. The van der Waals surface area contributed by atoms with Gasteiger partial charge >= 0.3 is 0 Å². The maximum absolute atomic E-state index is 8.12. The van der Waals surface area contributed by atoms with Crippen molar-refractivity contribution >= 4 is 0 Å². The maximum Gasteiger partial charge on any atom is 0.0663 e. The molecular formula is C3H8NO. The van der Waals surface area contributed by atoms with E-state index in [2.05, 4.69) is 6.92 Å². The molecule has 0 aliphatic carbocycles. The Kier molecular flexibility index (Phi) is 2.14. The molecule has 0 unspecified atom stereocenters. The molecule has 1 radical (unpaired) electrons. The molecule has 0 heterocycles. The predicted octanol–water partition coefficient (Wildman–Crippen LogP) is -0.860. The zero-order valence-corrected chi connectivity index (χ0v) is 3.02. The third-order valence-corrected chi connectivity index (χ3v) is 0.272. The molecule has 0 fully saturated rings. The van der Waals surface area contributed by atoms with Crippen LogP contribution in [0.3, 0.4) is 0 Å². The summed E-state index contributed by atoms with van der Waals surface area (Å²) in [7, 11) is 0. The molecule has 0 spiro atoms.